The van der Waals surface area contributed by atoms with Crippen molar-refractivity contribution in [1.82, 2.24) is 15.5 Å². The molecule has 0 aliphatic heterocycles. The first-order chi connectivity index (χ1) is 15.6. The zero-order valence-electron chi connectivity index (χ0n) is 17.7. The molecule has 0 spiro atoms. The van der Waals surface area contributed by atoms with Gasteiger partial charge in [-0.15, -0.1) is 10.2 Å². The van der Waals surface area contributed by atoms with E-state index in [1.165, 1.54) is 5.56 Å². The van der Waals surface area contributed by atoms with E-state index in [1.54, 1.807) is 12.1 Å². The summed E-state index contributed by atoms with van der Waals surface area (Å²) in [7, 11) is 0. The molecule has 160 valence electrons. The first-order valence-electron chi connectivity index (χ1n) is 10.4. The number of hydrogen-bond acceptors (Lipinski definition) is 4. The molecule has 0 unspecified atom stereocenters. The van der Waals surface area contributed by atoms with Gasteiger partial charge in [-0.3, -0.25) is 4.79 Å². The molecule has 0 saturated heterocycles. The van der Waals surface area contributed by atoms with Crippen LogP contribution in [-0.4, -0.2) is 22.6 Å². The molecule has 32 heavy (non-hydrogen) atoms. The molecule has 1 amide bonds. The number of hydrogen-bond donors (Lipinski definition) is 2. The van der Waals surface area contributed by atoms with Gasteiger partial charge in [0.25, 0.3) is 5.91 Å². The number of aryl methyl sites for hydroxylation is 1. The van der Waals surface area contributed by atoms with Crippen LogP contribution in [0.2, 0.25) is 5.02 Å². The molecule has 1 heterocycles. The minimum Gasteiger partial charge on any atom is -0.352 e. The number of carbonyl (C=O) groups excluding carboxylic acids is 1. The summed E-state index contributed by atoms with van der Waals surface area (Å²) < 4.78 is 0. The Kier molecular flexibility index (Phi) is 6.78. The van der Waals surface area contributed by atoms with Gasteiger partial charge in [-0.25, -0.2) is 0 Å². The maximum Gasteiger partial charge on any atom is 0.251 e. The van der Waals surface area contributed by atoms with Gasteiger partial charge in [0, 0.05) is 28.4 Å². The van der Waals surface area contributed by atoms with Gasteiger partial charge in [-0.2, -0.15) is 0 Å². The Labute approximate surface area is 192 Å². The predicted octanol–water partition coefficient (Wildman–Crippen LogP) is 5.82. The summed E-state index contributed by atoms with van der Waals surface area (Å²) in [5.74, 6) is 0.490. The lowest BCUT2D eigenvalue weighted by molar-refractivity contribution is 0.0954. The van der Waals surface area contributed by atoms with Crippen LogP contribution in [0.15, 0.2) is 84.9 Å². The summed E-state index contributed by atoms with van der Waals surface area (Å²) in [6.07, 6.45) is 0.740. The van der Waals surface area contributed by atoms with E-state index in [-0.39, 0.29) is 5.91 Å². The van der Waals surface area contributed by atoms with Gasteiger partial charge in [0.2, 0.25) is 0 Å². The van der Waals surface area contributed by atoms with Crippen molar-refractivity contribution in [1.29, 1.82) is 0 Å². The van der Waals surface area contributed by atoms with E-state index in [2.05, 4.69) is 39.9 Å². The monoisotopic (exact) mass is 442 g/mol. The van der Waals surface area contributed by atoms with Gasteiger partial charge in [0.1, 0.15) is 0 Å². The molecule has 1 aromatic heterocycles. The fourth-order valence-electron chi connectivity index (χ4n) is 3.24. The first kappa shape index (κ1) is 21.5. The number of benzene rings is 3. The molecule has 4 rings (SSSR count). The van der Waals surface area contributed by atoms with Crippen molar-refractivity contribution in [3.05, 3.63) is 107 Å². The number of halogens is 1. The van der Waals surface area contributed by atoms with E-state index in [4.69, 9.17) is 11.6 Å². The number of aromatic nitrogens is 2. The summed E-state index contributed by atoms with van der Waals surface area (Å²) in [6, 6.07) is 26.9. The van der Waals surface area contributed by atoms with Crippen molar-refractivity contribution < 1.29 is 4.79 Å². The number of nitrogens with zero attached hydrogens (tertiary/aromatic N) is 2. The minimum absolute atomic E-state index is 0.122. The molecule has 2 N–H and O–H groups in total. The molecule has 0 aliphatic rings. The maximum atomic E-state index is 12.5. The van der Waals surface area contributed by atoms with Crippen LogP contribution in [0.5, 0.6) is 0 Å². The second-order valence-electron chi connectivity index (χ2n) is 7.51. The van der Waals surface area contributed by atoms with Crippen LogP contribution < -0.4 is 10.6 Å². The smallest absolute Gasteiger partial charge is 0.251 e. The third-order valence-electron chi connectivity index (χ3n) is 5.02. The zero-order valence-corrected chi connectivity index (χ0v) is 18.4. The van der Waals surface area contributed by atoms with E-state index in [1.807, 2.05) is 60.7 Å². The molecular weight excluding hydrogens is 420 g/mol. The molecule has 4 aromatic rings. The number of carbonyl (C=O) groups is 1. The van der Waals surface area contributed by atoms with E-state index >= 15 is 0 Å². The standard InChI is InChI=1S/C26H23ClN4O/c1-18-5-9-20(10-6-18)24-13-14-25(31-30-24)29-23-4-2-3-21(17-23)26(32)28-16-15-19-7-11-22(27)12-8-19/h2-14,17H,15-16H2,1H3,(H,28,32)(H,29,31). The number of rotatable bonds is 7. The van der Waals surface area contributed by atoms with E-state index in [0.29, 0.717) is 22.9 Å². The number of nitrogens with one attached hydrogen (secondary N) is 2. The molecule has 0 fully saturated rings. The Morgan fingerprint density at radius 2 is 1.69 bits per heavy atom. The third kappa shape index (κ3) is 5.71. The Hall–Kier alpha value is -3.70. The van der Waals surface area contributed by atoms with Crippen LogP contribution in [0.1, 0.15) is 21.5 Å². The van der Waals surface area contributed by atoms with Crippen LogP contribution in [0.3, 0.4) is 0 Å². The highest BCUT2D eigenvalue weighted by Crippen LogP contribution is 2.20. The normalized spacial score (nSPS) is 10.6. The Bertz CT molecular complexity index is 1190. The topological polar surface area (TPSA) is 66.9 Å². The van der Waals surface area contributed by atoms with Gasteiger partial charge in [-0.05, 0) is 61.4 Å². The largest absolute Gasteiger partial charge is 0.352 e. The fraction of sp³-hybridized carbons (Fsp3) is 0.115. The van der Waals surface area contributed by atoms with Crippen molar-refractivity contribution in [3.63, 3.8) is 0 Å². The van der Waals surface area contributed by atoms with E-state index < -0.39 is 0 Å². The van der Waals surface area contributed by atoms with Crippen molar-refractivity contribution in [2.45, 2.75) is 13.3 Å². The SMILES string of the molecule is Cc1ccc(-c2ccc(Nc3cccc(C(=O)NCCc4ccc(Cl)cc4)c3)nn2)cc1. The van der Waals surface area contributed by atoms with Crippen LogP contribution in [0.4, 0.5) is 11.5 Å². The zero-order chi connectivity index (χ0) is 22.3. The quantitative estimate of drug-likeness (QED) is 0.378. The maximum absolute atomic E-state index is 12.5. The second-order valence-corrected chi connectivity index (χ2v) is 7.94. The van der Waals surface area contributed by atoms with Crippen LogP contribution in [-0.2, 0) is 6.42 Å². The fourth-order valence-corrected chi connectivity index (χ4v) is 3.36. The summed E-state index contributed by atoms with van der Waals surface area (Å²) in [5, 5.41) is 15.4. The highest BCUT2D eigenvalue weighted by molar-refractivity contribution is 6.30. The van der Waals surface area contributed by atoms with Crippen LogP contribution in [0, 0.1) is 6.92 Å². The molecule has 5 nitrogen and oxygen atoms in total. The second kappa shape index (κ2) is 10.1. The van der Waals surface area contributed by atoms with Gasteiger partial charge >= 0.3 is 0 Å². The van der Waals surface area contributed by atoms with E-state index in [0.717, 1.165) is 28.9 Å². The van der Waals surface area contributed by atoms with Crippen LogP contribution in [0.25, 0.3) is 11.3 Å². The summed E-state index contributed by atoms with van der Waals surface area (Å²) in [4.78, 5) is 12.5. The van der Waals surface area contributed by atoms with Gasteiger partial charge in [0.15, 0.2) is 5.82 Å². The molecule has 3 aromatic carbocycles. The first-order valence-corrected chi connectivity index (χ1v) is 10.8. The van der Waals surface area contributed by atoms with Crippen LogP contribution >= 0.6 is 11.6 Å². The highest BCUT2D eigenvalue weighted by atomic mass is 35.5. The molecule has 0 radical (unpaired) electrons. The Balaban J connectivity index is 1.35. The summed E-state index contributed by atoms with van der Waals surface area (Å²) in [5.41, 5.74) is 5.51. The lowest BCUT2D eigenvalue weighted by Crippen LogP contribution is -2.25. The summed E-state index contributed by atoms with van der Waals surface area (Å²) >= 11 is 5.91. The molecule has 6 heteroatoms. The van der Waals surface area contributed by atoms with Gasteiger partial charge in [-0.1, -0.05) is 59.6 Å². The van der Waals surface area contributed by atoms with Crippen molar-refractivity contribution in [2.24, 2.45) is 0 Å². The third-order valence-corrected chi connectivity index (χ3v) is 5.27. The van der Waals surface area contributed by atoms with Gasteiger partial charge in [0.05, 0.1) is 5.69 Å². The molecular formula is C26H23ClN4O. The average Bonchev–Trinajstić information content (AvgIpc) is 2.81. The summed E-state index contributed by atoms with van der Waals surface area (Å²) in [6.45, 7) is 2.60. The van der Waals surface area contributed by atoms with Gasteiger partial charge < -0.3 is 10.6 Å². The molecule has 0 atom stereocenters. The molecule has 0 saturated carbocycles. The van der Waals surface area contributed by atoms with E-state index in [9.17, 15) is 4.79 Å². The lowest BCUT2D eigenvalue weighted by Gasteiger charge is -2.09. The molecule has 0 bridgehead atoms. The number of amides is 1. The average molecular weight is 443 g/mol. The predicted molar refractivity (Wildman–Crippen MR) is 129 cm³/mol. The number of anilines is 2. The Morgan fingerprint density at radius 3 is 2.41 bits per heavy atom. The lowest BCUT2D eigenvalue weighted by atomic mass is 10.1. The Morgan fingerprint density at radius 1 is 0.906 bits per heavy atom. The van der Waals surface area contributed by atoms with Crippen molar-refractivity contribution >= 4 is 29.0 Å². The minimum atomic E-state index is -0.122. The van der Waals surface area contributed by atoms with Crippen molar-refractivity contribution in [3.8, 4) is 11.3 Å². The van der Waals surface area contributed by atoms with Crippen molar-refractivity contribution in [2.75, 3.05) is 11.9 Å². The molecule has 0 aliphatic carbocycles. The highest BCUT2D eigenvalue weighted by Gasteiger charge is 2.07.